The molecule has 5 nitrogen and oxygen atoms in total. The third-order valence-corrected chi connectivity index (χ3v) is 3.33. The molecule has 0 radical (unpaired) electrons. The first-order chi connectivity index (χ1) is 9.66. The van der Waals surface area contributed by atoms with Gasteiger partial charge in [0.1, 0.15) is 11.3 Å². The van der Waals surface area contributed by atoms with E-state index in [0.29, 0.717) is 23.8 Å². The van der Waals surface area contributed by atoms with Crippen molar-refractivity contribution < 1.29 is 19.4 Å². The number of carboxylic acids is 1. The van der Waals surface area contributed by atoms with E-state index < -0.39 is 11.5 Å². The van der Waals surface area contributed by atoms with E-state index in [1.54, 1.807) is 24.3 Å². The van der Waals surface area contributed by atoms with E-state index in [-0.39, 0.29) is 5.91 Å². The van der Waals surface area contributed by atoms with Crippen LogP contribution in [0.5, 0.6) is 5.75 Å². The highest BCUT2D eigenvalue weighted by Crippen LogP contribution is 2.20. The Morgan fingerprint density at radius 3 is 2.48 bits per heavy atom. The second kappa shape index (κ2) is 6.61. The van der Waals surface area contributed by atoms with Crippen LogP contribution in [0, 0.1) is 5.92 Å². The average Bonchev–Trinajstić information content (AvgIpc) is 2.43. The largest absolute Gasteiger partial charge is 0.493 e. The van der Waals surface area contributed by atoms with E-state index in [1.807, 2.05) is 13.8 Å². The third kappa shape index (κ3) is 4.21. The predicted molar refractivity (Wildman–Crippen MR) is 80.6 cm³/mol. The number of carboxylic acid groups (broad SMARTS) is 1. The Kier molecular flexibility index (Phi) is 5.35. The van der Waals surface area contributed by atoms with Gasteiger partial charge in [-0.15, -0.1) is 0 Å². The number of likely N-dealkylation sites (N-methyl/N-ethyl adjacent to an activating group) is 1. The highest BCUT2D eigenvalue weighted by Gasteiger charge is 2.35. The number of ether oxygens (including phenoxy) is 1. The summed E-state index contributed by atoms with van der Waals surface area (Å²) >= 11 is 0. The van der Waals surface area contributed by atoms with E-state index in [1.165, 1.54) is 25.8 Å². The molecule has 0 saturated carbocycles. The summed E-state index contributed by atoms with van der Waals surface area (Å²) in [6.07, 6.45) is 0. The van der Waals surface area contributed by atoms with Crippen LogP contribution in [0.1, 0.15) is 38.1 Å². The summed E-state index contributed by atoms with van der Waals surface area (Å²) in [6, 6.07) is 6.80. The second-order valence-electron chi connectivity index (χ2n) is 5.96. The minimum absolute atomic E-state index is 0.350. The minimum Gasteiger partial charge on any atom is -0.493 e. The standard InChI is InChI=1S/C16H23NO4/c1-11(2)10-21-13-8-6-7-12(9-13)14(18)17(5)16(3,4)15(19)20/h6-9,11H,10H2,1-5H3,(H,19,20). The molecule has 1 amide bonds. The summed E-state index contributed by atoms with van der Waals surface area (Å²) < 4.78 is 5.58. The quantitative estimate of drug-likeness (QED) is 0.875. The first kappa shape index (κ1) is 17.0. The monoisotopic (exact) mass is 293 g/mol. The summed E-state index contributed by atoms with van der Waals surface area (Å²) in [5.41, 5.74) is -0.862. The normalized spacial score (nSPS) is 11.3. The molecule has 0 aliphatic carbocycles. The van der Waals surface area contributed by atoms with E-state index >= 15 is 0 Å². The zero-order valence-electron chi connectivity index (χ0n) is 13.2. The Labute approximate surface area is 125 Å². The van der Waals surface area contributed by atoms with Crippen molar-refractivity contribution in [1.82, 2.24) is 4.90 Å². The van der Waals surface area contributed by atoms with Crippen LogP contribution in [0.2, 0.25) is 0 Å². The van der Waals surface area contributed by atoms with Crippen LogP contribution in [0.4, 0.5) is 0 Å². The fourth-order valence-corrected chi connectivity index (χ4v) is 1.57. The average molecular weight is 293 g/mol. The molecule has 116 valence electrons. The molecule has 0 atom stereocenters. The summed E-state index contributed by atoms with van der Waals surface area (Å²) in [5.74, 6) is -0.406. The van der Waals surface area contributed by atoms with Gasteiger partial charge in [0.05, 0.1) is 6.61 Å². The van der Waals surface area contributed by atoms with Crippen LogP contribution in [0.15, 0.2) is 24.3 Å². The summed E-state index contributed by atoms with van der Waals surface area (Å²) in [6.45, 7) is 7.63. The molecule has 0 aliphatic heterocycles. The molecule has 1 N–H and O–H groups in total. The van der Waals surface area contributed by atoms with E-state index in [4.69, 9.17) is 4.74 Å². The van der Waals surface area contributed by atoms with Crippen molar-refractivity contribution in [2.75, 3.05) is 13.7 Å². The number of benzene rings is 1. The second-order valence-corrected chi connectivity index (χ2v) is 5.96. The smallest absolute Gasteiger partial charge is 0.329 e. The maximum absolute atomic E-state index is 12.4. The van der Waals surface area contributed by atoms with Crippen molar-refractivity contribution in [3.05, 3.63) is 29.8 Å². The van der Waals surface area contributed by atoms with Crippen LogP contribution in [0.25, 0.3) is 0 Å². The van der Waals surface area contributed by atoms with Crippen LogP contribution in [-0.4, -0.2) is 41.1 Å². The van der Waals surface area contributed by atoms with Gasteiger partial charge >= 0.3 is 5.97 Å². The van der Waals surface area contributed by atoms with Crippen LogP contribution < -0.4 is 4.74 Å². The van der Waals surface area contributed by atoms with Gasteiger partial charge in [0.15, 0.2) is 0 Å². The molecule has 1 aromatic carbocycles. The SMILES string of the molecule is CC(C)COc1cccc(C(=O)N(C)C(C)(C)C(=O)O)c1. The van der Waals surface area contributed by atoms with Gasteiger partial charge in [-0.25, -0.2) is 4.79 Å². The Hall–Kier alpha value is -2.04. The highest BCUT2D eigenvalue weighted by molar-refractivity contribution is 5.97. The lowest BCUT2D eigenvalue weighted by Gasteiger charge is -2.31. The molecule has 5 heteroatoms. The number of carbonyl (C=O) groups excluding carboxylic acids is 1. The first-order valence-corrected chi connectivity index (χ1v) is 6.90. The van der Waals surface area contributed by atoms with E-state index in [9.17, 15) is 14.7 Å². The van der Waals surface area contributed by atoms with E-state index in [2.05, 4.69) is 0 Å². The molecule has 0 bridgehead atoms. The zero-order valence-corrected chi connectivity index (χ0v) is 13.2. The summed E-state index contributed by atoms with van der Waals surface area (Å²) in [7, 11) is 1.48. The van der Waals surface area contributed by atoms with Crippen molar-refractivity contribution in [2.24, 2.45) is 5.92 Å². The lowest BCUT2D eigenvalue weighted by Crippen LogP contribution is -2.50. The fourth-order valence-electron chi connectivity index (χ4n) is 1.57. The number of rotatable bonds is 6. The first-order valence-electron chi connectivity index (χ1n) is 6.90. The zero-order chi connectivity index (χ0) is 16.2. The van der Waals surface area contributed by atoms with Gasteiger partial charge in [0.2, 0.25) is 0 Å². The van der Waals surface area contributed by atoms with Crippen molar-refractivity contribution in [3.8, 4) is 5.75 Å². The Bertz CT molecular complexity index is 523. The molecule has 0 fully saturated rings. The predicted octanol–water partition coefficient (Wildman–Crippen LogP) is 2.66. The Morgan fingerprint density at radius 2 is 1.95 bits per heavy atom. The maximum Gasteiger partial charge on any atom is 0.329 e. The third-order valence-electron chi connectivity index (χ3n) is 3.33. The topological polar surface area (TPSA) is 66.8 Å². The van der Waals surface area contributed by atoms with E-state index in [0.717, 1.165) is 0 Å². The van der Waals surface area contributed by atoms with Gasteiger partial charge in [-0.2, -0.15) is 0 Å². The number of amides is 1. The number of aliphatic carboxylic acids is 1. The summed E-state index contributed by atoms with van der Waals surface area (Å²) in [4.78, 5) is 24.8. The Balaban J connectivity index is 2.92. The number of hydrogen-bond donors (Lipinski definition) is 1. The molecule has 0 heterocycles. The number of nitrogens with zero attached hydrogens (tertiary/aromatic N) is 1. The Morgan fingerprint density at radius 1 is 1.33 bits per heavy atom. The molecule has 0 aliphatic rings. The van der Waals surface area contributed by atoms with Gasteiger partial charge < -0.3 is 14.7 Å². The minimum atomic E-state index is -1.27. The molecular weight excluding hydrogens is 270 g/mol. The van der Waals surface area contributed by atoms with Crippen LogP contribution in [-0.2, 0) is 4.79 Å². The lowest BCUT2D eigenvalue weighted by atomic mass is 10.0. The van der Waals surface area contributed by atoms with Gasteiger partial charge in [-0.1, -0.05) is 19.9 Å². The van der Waals surface area contributed by atoms with Gasteiger partial charge in [0.25, 0.3) is 5.91 Å². The summed E-state index contributed by atoms with van der Waals surface area (Å²) in [5, 5.41) is 9.19. The van der Waals surface area contributed by atoms with Crippen LogP contribution in [0.3, 0.4) is 0 Å². The molecule has 0 saturated heterocycles. The van der Waals surface area contributed by atoms with Gasteiger partial charge in [0, 0.05) is 12.6 Å². The fraction of sp³-hybridized carbons (Fsp3) is 0.500. The van der Waals surface area contributed by atoms with Gasteiger partial charge in [-0.3, -0.25) is 4.79 Å². The maximum atomic E-state index is 12.4. The van der Waals surface area contributed by atoms with Crippen molar-refractivity contribution in [2.45, 2.75) is 33.2 Å². The van der Waals surface area contributed by atoms with Crippen molar-refractivity contribution >= 4 is 11.9 Å². The molecular formula is C16H23NO4. The number of hydrogen-bond acceptors (Lipinski definition) is 3. The number of carbonyl (C=O) groups is 2. The molecule has 1 aromatic rings. The van der Waals surface area contributed by atoms with Crippen molar-refractivity contribution in [3.63, 3.8) is 0 Å². The van der Waals surface area contributed by atoms with Crippen molar-refractivity contribution in [1.29, 1.82) is 0 Å². The van der Waals surface area contributed by atoms with Crippen LogP contribution >= 0.6 is 0 Å². The molecule has 0 aromatic heterocycles. The molecule has 21 heavy (non-hydrogen) atoms. The molecule has 0 spiro atoms. The lowest BCUT2D eigenvalue weighted by molar-refractivity contribution is -0.147. The molecule has 1 rings (SSSR count). The van der Waals surface area contributed by atoms with Gasteiger partial charge in [-0.05, 0) is 38.0 Å². The molecule has 0 unspecified atom stereocenters. The highest BCUT2D eigenvalue weighted by atomic mass is 16.5.